The summed E-state index contributed by atoms with van der Waals surface area (Å²) in [6, 6.07) is 0. The minimum absolute atomic E-state index is 0.278. The first-order valence-corrected chi connectivity index (χ1v) is 7.55. The van der Waals surface area contributed by atoms with Gasteiger partial charge in [-0.25, -0.2) is 9.78 Å². The summed E-state index contributed by atoms with van der Waals surface area (Å²) in [5.41, 5.74) is 0.539. The second kappa shape index (κ2) is 6.16. The van der Waals surface area contributed by atoms with Crippen LogP contribution >= 0.6 is 23.1 Å². The maximum atomic E-state index is 10.9. The molecule has 102 valence electrons. The van der Waals surface area contributed by atoms with Crippen LogP contribution in [0, 0.1) is 6.92 Å². The molecule has 1 N–H and O–H groups in total. The first-order chi connectivity index (χ1) is 9.10. The maximum absolute atomic E-state index is 10.9. The van der Waals surface area contributed by atoms with E-state index in [-0.39, 0.29) is 4.88 Å². The maximum Gasteiger partial charge on any atom is 0.347 e. The molecule has 0 fully saturated rings. The summed E-state index contributed by atoms with van der Waals surface area (Å²) in [6.45, 7) is 3.74. The zero-order chi connectivity index (χ0) is 13.8. The summed E-state index contributed by atoms with van der Waals surface area (Å²) in [6.07, 6.45) is 1.77. The van der Waals surface area contributed by atoms with Gasteiger partial charge in [-0.1, -0.05) is 23.8 Å². The van der Waals surface area contributed by atoms with Crippen molar-refractivity contribution in [1.82, 2.24) is 15.1 Å². The Labute approximate surface area is 118 Å². The quantitative estimate of drug-likeness (QED) is 0.820. The Morgan fingerprint density at radius 3 is 2.89 bits per heavy atom. The number of carboxylic acid groups (broad SMARTS) is 1. The van der Waals surface area contributed by atoms with Crippen molar-refractivity contribution >= 4 is 29.1 Å². The van der Waals surface area contributed by atoms with Crippen LogP contribution in [0.4, 0.5) is 0 Å². The highest BCUT2D eigenvalue weighted by Crippen LogP contribution is 2.29. The highest BCUT2D eigenvalue weighted by atomic mass is 32.2. The van der Waals surface area contributed by atoms with Gasteiger partial charge in [-0.2, -0.15) is 4.98 Å². The molecule has 0 amide bonds. The molecule has 2 rings (SSSR count). The number of thiazole rings is 1. The normalized spacial score (nSPS) is 10.8. The Morgan fingerprint density at radius 1 is 1.47 bits per heavy atom. The molecule has 0 saturated heterocycles. The van der Waals surface area contributed by atoms with Gasteiger partial charge in [0.2, 0.25) is 5.89 Å². The van der Waals surface area contributed by atoms with Gasteiger partial charge in [-0.3, -0.25) is 0 Å². The minimum Gasteiger partial charge on any atom is -0.477 e. The van der Waals surface area contributed by atoms with Gasteiger partial charge >= 0.3 is 5.97 Å². The summed E-state index contributed by atoms with van der Waals surface area (Å²) in [4.78, 5) is 19.6. The van der Waals surface area contributed by atoms with E-state index in [9.17, 15) is 4.79 Å². The first-order valence-electron chi connectivity index (χ1n) is 5.75. The van der Waals surface area contributed by atoms with E-state index < -0.39 is 5.97 Å². The van der Waals surface area contributed by atoms with Crippen molar-refractivity contribution in [3.8, 4) is 0 Å². The molecular weight excluding hydrogens is 286 g/mol. The summed E-state index contributed by atoms with van der Waals surface area (Å²) in [7, 11) is 0. The Hall–Kier alpha value is -1.41. The third-order valence-corrected chi connectivity index (χ3v) is 4.55. The molecule has 0 atom stereocenters. The molecule has 0 bridgehead atoms. The lowest BCUT2D eigenvalue weighted by Gasteiger charge is -1.90. The monoisotopic (exact) mass is 299 g/mol. The lowest BCUT2D eigenvalue weighted by atomic mass is 10.3. The van der Waals surface area contributed by atoms with Crippen molar-refractivity contribution in [2.24, 2.45) is 0 Å². The average molecular weight is 299 g/mol. The molecule has 0 aliphatic carbocycles. The summed E-state index contributed by atoms with van der Waals surface area (Å²) in [5.74, 6) is 0.811. The zero-order valence-electron chi connectivity index (χ0n) is 10.5. The van der Waals surface area contributed by atoms with Crippen LogP contribution in [0.3, 0.4) is 0 Å². The predicted octanol–water partition coefficient (Wildman–Crippen LogP) is 2.78. The van der Waals surface area contributed by atoms with E-state index >= 15 is 0 Å². The molecule has 19 heavy (non-hydrogen) atoms. The Balaban J connectivity index is 1.98. The molecule has 0 radical (unpaired) electrons. The van der Waals surface area contributed by atoms with Crippen LogP contribution in [0.2, 0.25) is 0 Å². The Kier molecular flexibility index (Phi) is 4.54. The highest BCUT2D eigenvalue weighted by Gasteiger charge is 2.15. The molecule has 6 nitrogen and oxygen atoms in total. The Morgan fingerprint density at radius 2 is 2.26 bits per heavy atom. The molecule has 0 aromatic carbocycles. The number of hydrogen-bond acceptors (Lipinski definition) is 7. The predicted molar refractivity (Wildman–Crippen MR) is 71.7 cm³/mol. The van der Waals surface area contributed by atoms with Gasteiger partial charge in [-0.05, 0) is 13.3 Å². The Bertz CT molecular complexity index is 580. The van der Waals surface area contributed by atoms with Crippen molar-refractivity contribution in [2.75, 3.05) is 0 Å². The van der Waals surface area contributed by atoms with Gasteiger partial charge in [0, 0.05) is 6.42 Å². The third kappa shape index (κ3) is 3.54. The lowest BCUT2D eigenvalue weighted by molar-refractivity contribution is 0.0701. The number of rotatable bonds is 6. The van der Waals surface area contributed by atoms with Crippen LogP contribution in [0.5, 0.6) is 0 Å². The van der Waals surface area contributed by atoms with Gasteiger partial charge in [0.15, 0.2) is 10.2 Å². The molecule has 2 heterocycles. The second-order valence-corrected chi connectivity index (χ2v) is 6.06. The van der Waals surface area contributed by atoms with Gasteiger partial charge in [-0.15, -0.1) is 11.3 Å². The third-order valence-electron chi connectivity index (χ3n) is 2.27. The van der Waals surface area contributed by atoms with Crippen molar-refractivity contribution in [1.29, 1.82) is 0 Å². The first kappa shape index (κ1) is 14.0. The number of aromatic carboxylic acids is 1. The highest BCUT2D eigenvalue weighted by molar-refractivity contribution is 8.00. The number of hydrogen-bond donors (Lipinski definition) is 1. The number of aryl methyl sites for hydroxylation is 2. The minimum atomic E-state index is -0.940. The van der Waals surface area contributed by atoms with Crippen LogP contribution in [0.25, 0.3) is 0 Å². The second-order valence-electron chi connectivity index (χ2n) is 3.84. The van der Waals surface area contributed by atoms with Gasteiger partial charge < -0.3 is 9.63 Å². The van der Waals surface area contributed by atoms with Crippen molar-refractivity contribution in [2.45, 2.75) is 36.8 Å². The molecule has 2 aromatic rings. The number of carboxylic acids is 1. The van der Waals surface area contributed by atoms with Crippen molar-refractivity contribution < 1.29 is 14.4 Å². The van der Waals surface area contributed by atoms with Crippen LogP contribution in [0.1, 0.15) is 40.4 Å². The van der Waals surface area contributed by atoms with Crippen LogP contribution < -0.4 is 0 Å². The van der Waals surface area contributed by atoms with E-state index in [1.165, 1.54) is 23.1 Å². The fourth-order valence-electron chi connectivity index (χ4n) is 1.43. The van der Waals surface area contributed by atoms with E-state index in [0.717, 1.165) is 12.8 Å². The van der Waals surface area contributed by atoms with Crippen molar-refractivity contribution in [3.63, 3.8) is 0 Å². The number of carbonyl (C=O) groups is 1. The molecule has 2 aromatic heterocycles. The van der Waals surface area contributed by atoms with Gasteiger partial charge in [0.1, 0.15) is 4.88 Å². The standard InChI is InChI=1S/C11H13N3O3S2/c1-3-4-7-13-8(17-14-7)5-18-11-12-6(2)9(19-11)10(15)16/h3-5H2,1-2H3,(H,15,16). The number of nitrogens with zero attached hydrogens (tertiary/aromatic N) is 3. The van der Waals surface area contributed by atoms with E-state index in [4.69, 9.17) is 9.63 Å². The molecule has 0 unspecified atom stereocenters. The van der Waals surface area contributed by atoms with Gasteiger partial charge in [0.25, 0.3) is 0 Å². The number of aromatic nitrogens is 3. The fraction of sp³-hybridized carbons (Fsp3) is 0.455. The van der Waals surface area contributed by atoms with Crippen LogP contribution in [-0.4, -0.2) is 26.2 Å². The average Bonchev–Trinajstić information content (AvgIpc) is 2.94. The smallest absolute Gasteiger partial charge is 0.347 e. The van der Waals surface area contributed by atoms with E-state index in [0.29, 0.717) is 27.5 Å². The molecule has 0 spiro atoms. The molecule has 8 heteroatoms. The zero-order valence-corrected chi connectivity index (χ0v) is 12.2. The van der Waals surface area contributed by atoms with Crippen molar-refractivity contribution in [3.05, 3.63) is 22.3 Å². The largest absolute Gasteiger partial charge is 0.477 e. The van der Waals surface area contributed by atoms with E-state index in [1.54, 1.807) is 6.92 Å². The van der Waals surface area contributed by atoms with E-state index in [1.807, 2.05) is 0 Å². The molecule has 0 aliphatic rings. The molecular formula is C11H13N3O3S2. The summed E-state index contributed by atoms with van der Waals surface area (Å²) >= 11 is 2.57. The lowest BCUT2D eigenvalue weighted by Crippen LogP contribution is -1.94. The molecule has 0 saturated carbocycles. The summed E-state index contributed by atoms with van der Waals surface area (Å²) in [5, 5.41) is 12.8. The SMILES string of the molecule is CCCc1noc(CSc2nc(C)c(C(=O)O)s2)n1. The van der Waals surface area contributed by atoms with Crippen LogP contribution in [0.15, 0.2) is 8.86 Å². The summed E-state index contributed by atoms with van der Waals surface area (Å²) < 4.78 is 5.80. The topological polar surface area (TPSA) is 89.1 Å². The van der Waals surface area contributed by atoms with Crippen LogP contribution in [-0.2, 0) is 12.2 Å². The van der Waals surface area contributed by atoms with E-state index in [2.05, 4.69) is 22.0 Å². The fourth-order valence-corrected chi connectivity index (χ4v) is 3.30. The number of thioether (sulfide) groups is 1. The van der Waals surface area contributed by atoms with Gasteiger partial charge in [0.05, 0.1) is 11.4 Å². The molecule has 0 aliphatic heterocycles.